The largest absolute Gasteiger partial charge is 0.485 e. The molecule has 2 aliphatic heterocycles. The first kappa shape index (κ1) is 13.7. The number of hydrogen-bond donors (Lipinski definition) is 2. The van der Waals surface area contributed by atoms with E-state index in [0.717, 1.165) is 0 Å². The van der Waals surface area contributed by atoms with Crippen LogP contribution in [0.15, 0.2) is 24.3 Å². The van der Waals surface area contributed by atoms with Gasteiger partial charge in [0.05, 0.1) is 0 Å². The predicted octanol–water partition coefficient (Wildman–Crippen LogP) is -0.289. The van der Waals surface area contributed by atoms with Crippen LogP contribution in [-0.4, -0.2) is 60.3 Å². The summed E-state index contributed by atoms with van der Waals surface area (Å²) in [4.78, 5) is 25.1. The van der Waals surface area contributed by atoms with Crippen molar-refractivity contribution in [1.82, 2.24) is 10.2 Å². The number of aliphatic carboxylic acids is 1. The van der Waals surface area contributed by atoms with Gasteiger partial charge in [-0.15, -0.1) is 0 Å². The summed E-state index contributed by atoms with van der Waals surface area (Å²) in [5, 5.41) is 12.2. The van der Waals surface area contributed by atoms with E-state index in [0.29, 0.717) is 24.6 Å². The average Bonchev–Trinajstić information content (AvgIpc) is 2.53. The van der Waals surface area contributed by atoms with Crippen LogP contribution in [0.4, 0.5) is 0 Å². The van der Waals surface area contributed by atoms with E-state index in [2.05, 4.69) is 5.32 Å². The van der Waals surface area contributed by atoms with Crippen LogP contribution in [0.1, 0.15) is 0 Å². The summed E-state index contributed by atoms with van der Waals surface area (Å²) >= 11 is 0. The summed E-state index contributed by atoms with van der Waals surface area (Å²) in [6.07, 6.45) is -0.806. The highest BCUT2D eigenvalue weighted by Crippen LogP contribution is 2.31. The smallest absolute Gasteiger partial charge is 0.327 e. The second-order valence-electron chi connectivity index (χ2n) is 4.95. The fraction of sp³-hybridized carbons (Fsp3) is 0.429. The Morgan fingerprint density at radius 1 is 1.29 bits per heavy atom. The first-order valence-corrected chi connectivity index (χ1v) is 6.79. The molecule has 2 aliphatic rings. The van der Waals surface area contributed by atoms with Crippen molar-refractivity contribution in [2.24, 2.45) is 0 Å². The maximum absolute atomic E-state index is 12.5. The van der Waals surface area contributed by atoms with Gasteiger partial charge in [0.2, 0.25) is 6.10 Å². The third kappa shape index (κ3) is 2.64. The van der Waals surface area contributed by atoms with Gasteiger partial charge in [-0.2, -0.15) is 0 Å². The van der Waals surface area contributed by atoms with Crippen LogP contribution in [0.2, 0.25) is 0 Å². The van der Waals surface area contributed by atoms with Gasteiger partial charge in [0, 0.05) is 19.6 Å². The third-order valence-electron chi connectivity index (χ3n) is 3.60. The van der Waals surface area contributed by atoms with Crippen molar-refractivity contribution < 1.29 is 24.2 Å². The molecule has 3 rings (SSSR count). The number of amides is 1. The van der Waals surface area contributed by atoms with Crippen LogP contribution in [0, 0.1) is 0 Å². The number of hydrogen-bond acceptors (Lipinski definition) is 5. The van der Waals surface area contributed by atoms with Crippen molar-refractivity contribution in [1.29, 1.82) is 0 Å². The highest BCUT2D eigenvalue weighted by Gasteiger charge is 2.38. The number of piperazine rings is 1. The maximum Gasteiger partial charge on any atom is 0.327 e. The minimum Gasteiger partial charge on any atom is -0.485 e. The molecule has 1 aromatic rings. The molecule has 1 saturated heterocycles. The summed E-state index contributed by atoms with van der Waals surface area (Å²) in [6, 6.07) is 6.23. The number of benzene rings is 1. The molecule has 0 unspecified atom stereocenters. The van der Waals surface area contributed by atoms with E-state index >= 15 is 0 Å². The fourth-order valence-corrected chi connectivity index (χ4v) is 2.51. The summed E-state index contributed by atoms with van der Waals surface area (Å²) in [5.41, 5.74) is 0. The topological polar surface area (TPSA) is 88.1 Å². The lowest BCUT2D eigenvalue weighted by Gasteiger charge is -2.36. The van der Waals surface area contributed by atoms with Crippen LogP contribution >= 0.6 is 0 Å². The lowest BCUT2D eigenvalue weighted by atomic mass is 10.1. The first-order chi connectivity index (χ1) is 10.2. The minimum absolute atomic E-state index is 0.0894. The number of nitrogens with one attached hydrogen (secondary N) is 1. The Bertz CT molecular complexity index is 562. The van der Waals surface area contributed by atoms with Crippen LogP contribution in [0.25, 0.3) is 0 Å². The van der Waals surface area contributed by atoms with Gasteiger partial charge in [-0.05, 0) is 12.1 Å². The molecule has 0 spiro atoms. The molecule has 1 amide bonds. The molecule has 1 aromatic carbocycles. The third-order valence-corrected chi connectivity index (χ3v) is 3.60. The molecule has 21 heavy (non-hydrogen) atoms. The maximum atomic E-state index is 12.5. The zero-order chi connectivity index (χ0) is 14.8. The van der Waals surface area contributed by atoms with Crippen LogP contribution in [0.3, 0.4) is 0 Å². The Morgan fingerprint density at radius 2 is 2.05 bits per heavy atom. The Balaban J connectivity index is 1.75. The number of carbonyl (C=O) groups excluding carboxylic acids is 1. The number of para-hydroxylation sites is 2. The molecule has 0 bridgehead atoms. The van der Waals surface area contributed by atoms with E-state index in [1.54, 1.807) is 18.2 Å². The predicted molar refractivity (Wildman–Crippen MR) is 72.4 cm³/mol. The molecule has 0 aromatic heterocycles. The highest BCUT2D eigenvalue weighted by atomic mass is 16.6. The second-order valence-corrected chi connectivity index (χ2v) is 4.95. The number of ether oxygens (including phenoxy) is 2. The van der Waals surface area contributed by atoms with Gasteiger partial charge in [0.25, 0.3) is 5.91 Å². The van der Waals surface area contributed by atoms with Crippen molar-refractivity contribution in [2.75, 3.05) is 26.2 Å². The molecule has 2 atom stereocenters. The van der Waals surface area contributed by atoms with Gasteiger partial charge in [-0.3, -0.25) is 4.79 Å². The zero-order valence-corrected chi connectivity index (χ0v) is 11.3. The molecule has 0 aliphatic carbocycles. The van der Waals surface area contributed by atoms with E-state index in [9.17, 15) is 14.7 Å². The SMILES string of the molecule is O=C(O)[C@@H]1CNCCN1C(=O)[C@@H]1COc2ccccc2O1. The monoisotopic (exact) mass is 292 g/mol. The van der Waals surface area contributed by atoms with Gasteiger partial charge < -0.3 is 24.8 Å². The van der Waals surface area contributed by atoms with Crippen molar-refractivity contribution in [3.05, 3.63) is 24.3 Å². The van der Waals surface area contributed by atoms with Crippen molar-refractivity contribution in [3.8, 4) is 11.5 Å². The lowest BCUT2D eigenvalue weighted by molar-refractivity contribution is -0.155. The molecule has 2 N–H and O–H groups in total. The molecule has 0 radical (unpaired) electrons. The van der Waals surface area contributed by atoms with Gasteiger partial charge in [0.15, 0.2) is 11.5 Å². The first-order valence-electron chi connectivity index (χ1n) is 6.79. The van der Waals surface area contributed by atoms with Gasteiger partial charge in [0.1, 0.15) is 12.6 Å². The Labute approximate surface area is 121 Å². The Morgan fingerprint density at radius 3 is 2.81 bits per heavy atom. The second kappa shape index (κ2) is 5.61. The summed E-state index contributed by atoms with van der Waals surface area (Å²) in [6.45, 7) is 1.24. The zero-order valence-electron chi connectivity index (χ0n) is 11.3. The fourth-order valence-electron chi connectivity index (χ4n) is 2.51. The van der Waals surface area contributed by atoms with Crippen molar-refractivity contribution in [2.45, 2.75) is 12.1 Å². The van der Waals surface area contributed by atoms with E-state index < -0.39 is 18.1 Å². The van der Waals surface area contributed by atoms with Gasteiger partial charge >= 0.3 is 5.97 Å². The molecule has 0 saturated carbocycles. The molecule has 2 heterocycles. The number of carbonyl (C=O) groups is 2. The van der Waals surface area contributed by atoms with Crippen LogP contribution < -0.4 is 14.8 Å². The average molecular weight is 292 g/mol. The van der Waals surface area contributed by atoms with E-state index in [4.69, 9.17) is 9.47 Å². The van der Waals surface area contributed by atoms with Crippen molar-refractivity contribution in [3.63, 3.8) is 0 Å². The molecular formula is C14H16N2O5. The molecule has 7 heteroatoms. The van der Waals surface area contributed by atoms with Gasteiger partial charge in [-0.25, -0.2) is 4.79 Å². The van der Waals surface area contributed by atoms with Gasteiger partial charge in [-0.1, -0.05) is 12.1 Å². The van der Waals surface area contributed by atoms with Crippen molar-refractivity contribution >= 4 is 11.9 Å². The van der Waals surface area contributed by atoms with E-state index in [-0.39, 0.29) is 19.1 Å². The summed E-state index contributed by atoms with van der Waals surface area (Å²) in [7, 11) is 0. The molecule has 1 fully saturated rings. The number of nitrogens with zero attached hydrogens (tertiary/aromatic N) is 1. The van der Waals surface area contributed by atoms with E-state index in [1.807, 2.05) is 6.07 Å². The quantitative estimate of drug-likeness (QED) is 0.779. The van der Waals surface area contributed by atoms with Crippen LogP contribution in [0.5, 0.6) is 11.5 Å². The summed E-state index contributed by atoms with van der Waals surface area (Å²) < 4.78 is 11.2. The minimum atomic E-state index is -1.02. The molecule has 7 nitrogen and oxygen atoms in total. The van der Waals surface area contributed by atoms with E-state index in [1.165, 1.54) is 4.90 Å². The number of carboxylic acid groups (broad SMARTS) is 1. The van der Waals surface area contributed by atoms with Crippen LogP contribution in [-0.2, 0) is 9.59 Å². The molecule has 112 valence electrons. The molecular weight excluding hydrogens is 276 g/mol. The summed E-state index contributed by atoms with van der Waals surface area (Å²) in [5.74, 6) is -0.271. The normalized spacial score (nSPS) is 24.5. The number of fused-ring (bicyclic) bond motifs is 1. The Hall–Kier alpha value is -2.28. The number of rotatable bonds is 2. The Kier molecular flexibility index (Phi) is 3.66. The lowest BCUT2D eigenvalue weighted by Crippen LogP contribution is -2.60. The number of carboxylic acids is 1. The highest BCUT2D eigenvalue weighted by molar-refractivity contribution is 5.87. The standard InChI is InChI=1S/C14H16N2O5/c17-13(16-6-5-15-7-9(16)14(18)19)12-8-20-10-3-1-2-4-11(10)21-12/h1-4,9,12,15H,5-8H2,(H,18,19)/t9-,12-/m0/s1.